The summed E-state index contributed by atoms with van der Waals surface area (Å²) in [6, 6.07) is 8.26. The van der Waals surface area contributed by atoms with E-state index < -0.39 is 0 Å². The fourth-order valence-electron chi connectivity index (χ4n) is 2.51. The van der Waals surface area contributed by atoms with Crippen LogP contribution in [0.3, 0.4) is 0 Å². The molecule has 6 heteroatoms. The van der Waals surface area contributed by atoms with Gasteiger partial charge >= 0.3 is 0 Å². The molecule has 3 aromatic heterocycles. The predicted molar refractivity (Wildman–Crippen MR) is 84.5 cm³/mol. The summed E-state index contributed by atoms with van der Waals surface area (Å²) in [4.78, 5) is 4.14. The average Bonchev–Trinajstić information content (AvgIpc) is 3.13. The Kier molecular flexibility index (Phi) is 2.78. The van der Waals surface area contributed by atoms with Gasteiger partial charge in [0.25, 0.3) is 0 Å². The Morgan fingerprint density at radius 1 is 1.24 bits per heavy atom. The highest BCUT2D eigenvalue weighted by molar-refractivity contribution is 7.19. The van der Waals surface area contributed by atoms with Crippen molar-refractivity contribution < 1.29 is 0 Å². The van der Waals surface area contributed by atoms with E-state index in [-0.39, 0.29) is 0 Å². The molecule has 0 spiro atoms. The number of nitrogens with zero attached hydrogens (tertiary/aromatic N) is 4. The summed E-state index contributed by atoms with van der Waals surface area (Å²) in [5.41, 5.74) is 2.25. The van der Waals surface area contributed by atoms with Crippen molar-refractivity contribution in [1.29, 1.82) is 0 Å². The Balaban J connectivity index is 1.85. The first-order valence-corrected chi connectivity index (χ1v) is 7.81. The van der Waals surface area contributed by atoms with E-state index in [1.807, 2.05) is 22.8 Å². The number of fused-ring (bicyclic) bond motifs is 2. The van der Waals surface area contributed by atoms with Crippen LogP contribution in [0.2, 0.25) is 0 Å². The minimum atomic E-state index is 0.538. The Morgan fingerprint density at radius 3 is 2.95 bits per heavy atom. The van der Waals surface area contributed by atoms with Gasteiger partial charge in [0.15, 0.2) is 5.82 Å². The van der Waals surface area contributed by atoms with Crippen LogP contribution in [-0.2, 0) is 6.42 Å². The maximum Gasteiger partial charge on any atom is 0.234 e. The van der Waals surface area contributed by atoms with Gasteiger partial charge in [0, 0.05) is 29.1 Å². The lowest BCUT2D eigenvalue weighted by Gasteiger charge is -1.99. The smallest absolute Gasteiger partial charge is 0.234 e. The zero-order chi connectivity index (χ0) is 14.4. The lowest BCUT2D eigenvalue weighted by molar-refractivity contribution is 0.607. The summed E-state index contributed by atoms with van der Waals surface area (Å²) >= 11 is 1.58. The van der Waals surface area contributed by atoms with Crippen molar-refractivity contribution in [3.63, 3.8) is 0 Å². The Labute approximate surface area is 125 Å². The van der Waals surface area contributed by atoms with E-state index in [2.05, 4.69) is 41.2 Å². The van der Waals surface area contributed by atoms with Crippen LogP contribution in [0.4, 0.5) is 0 Å². The van der Waals surface area contributed by atoms with Gasteiger partial charge in [-0.15, -0.1) is 10.2 Å². The molecule has 0 saturated carbocycles. The van der Waals surface area contributed by atoms with Gasteiger partial charge in [-0.3, -0.25) is 0 Å². The van der Waals surface area contributed by atoms with Gasteiger partial charge in [0.1, 0.15) is 5.01 Å². The molecule has 106 valence electrons. The van der Waals surface area contributed by atoms with Crippen LogP contribution < -0.4 is 0 Å². The van der Waals surface area contributed by atoms with Crippen molar-refractivity contribution in [1.82, 2.24) is 24.8 Å². The van der Waals surface area contributed by atoms with Gasteiger partial charge < -0.3 is 4.98 Å². The van der Waals surface area contributed by atoms with Crippen LogP contribution >= 0.6 is 11.3 Å². The molecule has 0 radical (unpaired) electrons. The number of benzene rings is 1. The van der Waals surface area contributed by atoms with Gasteiger partial charge in [-0.05, 0) is 12.0 Å². The minimum absolute atomic E-state index is 0.538. The molecule has 0 unspecified atom stereocenters. The zero-order valence-corrected chi connectivity index (χ0v) is 12.7. The summed E-state index contributed by atoms with van der Waals surface area (Å²) in [6.07, 6.45) is 2.90. The summed E-state index contributed by atoms with van der Waals surface area (Å²) in [5.74, 6) is 1.47. The molecule has 5 nitrogen and oxygen atoms in total. The van der Waals surface area contributed by atoms with Crippen molar-refractivity contribution >= 4 is 27.2 Å². The van der Waals surface area contributed by atoms with Crippen LogP contribution in [-0.4, -0.2) is 24.8 Å². The van der Waals surface area contributed by atoms with Gasteiger partial charge in [-0.25, -0.2) is 0 Å². The molecule has 0 fully saturated rings. The first-order valence-electron chi connectivity index (χ1n) is 7.00. The highest BCUT2D eigenvalue weighted by Gasteiger charge is 2.15. The number of hydrogen-bond acceptors (Lipinski definition) is 4. The molecule has 0 aliphatic carbocycles. The first kappa shape index (κ1) is 12.5. The number of para-hydroxylation sites is 1. The lowest BCUT2D eigenvalue weighted by Crippen LogP contribution is -2.01. The van der Waals surface area contributed by atoms with Gasteiger partial charge in [-0.2, -0.15) is 9.61 Å². The molecule has 0 aliphatic heterocycles. The molecule has 1 N–H and O–H groups in total. The van der Waals surface area contributed by atoms with E-state index in [0.29, 0.717) is 5.92 Å². The molecule has 0 bridgehead atoms. The summed E-state index contributed by atoms with van der Waals surface area (Å²) in [5, 5.41) is 15.3. The molecule has 3 heterocycles. The lowest BCUT2D eigenvalue weighted by atomic mass is 10.1. The van der Waals surface area contributed by atoms with E-state index in [9.17, 15) is 0 Å². The maximum absolute atomic E-state index is 4.71. The number of H-pyrrole nitrogens is 1. The fraction of sp³-hybridized carbons (Fsp3) is 0.267. The number of rotatable bonds is 3. The second kappa shape index (κ2) is 4.66. The standard InChI is InChI=1S/C15H15N5S/c1-9(2)7-13-17-18-15-20(13)19-14(21-15)11-8-16-12-6-4-3-5-10(11)12/h3-6,8-9,16H,7H2,1-2H3. The van der Waals surface area contributed by atoms with E-state index >= 15 is 0 Å². The summed E-state index contributed by atoms with van der Waals surface area (Å²) < 4.78 is 1.88. The van der Waals surface area contributed by atoms with Crippen LogP contribution in [0.15, 0.2) is 30.5 Å². The second-order valence-corrected chi connectivity index (χ2v) is 6.52. The molecule has 0 amide bonds. The Hall–Kier alpha value is -2.21. The maximum atomic E-state index is 4.71. The van der Waals surface area contributed by atoms with Crippen LogP contribution in [0.25, 0.3) is 26.4 Å². The third-order valence-electron chi connectivity index (χ3n) is 3.47. The molecule has 0 aliphatic rings. The van der Waals surface area contributed by atoms with Crippen molar-refractivity contribution in [2.75, 3.05) is 0 Å². The largest absolute Gasteiger partial charge is 0.360 e. The highest BCUT2D eigenvalue weighted by atomic mass is 32.1. The predicted octanol–water partition coefficient (Wildman–Crippen LogP) is 3.53. The molecule has 21 heavy (non-hydrogen) atoms. The topological polar surface area (TPSA) is 58.9 Å². The monoisotopic (exact) mass is 297 g/mol. The highest BCUT2D eigenvalue weighted by Crippen LogP contribution is 2.31. The van der Waals surface area contributed by atoms with Gasteiger partial charge in [-0.1, -0.05) is 43.4 Å². The minimum Gasteiger partial charge on any atom is -0.360 e. The SMILES string of the molecule is CC(C)Cc1nnc2sc(-c3c[nH]c4ccccc34)nn12. The third-order valence-corrected chi connectivity index (χ3v) is 4.40. The molecule has 0 saturated heterocycles. The normalized spacial score (nSPS) is 12.0. The molecule has 0 atom stereocenters. The number of hydrogen-bond donors (Lipinski definition) is 1. The molecule has 4 aromatic rings. The quantitative estimate of drug-likeness (QED) is 0.629. The Bertz CT molecular complexity index is 914. The van der Waals surface area contributed by atoms with E-state index in [4.69, 9.17) is 5.10 Å². The molecule has 1 aromatic carbocycles. The zero-order valence-electron chi connectivity index (χ0n) is 11.9. The number of aromatic amines is 1. The van der Waals surface area contributed by atoms with Crippen molar-refractivity contribution in [3.8, 4) is 10.6 Å². The number of aromatic nitrogens is 5. The fourth-order valence-corrected chi connectivity index (χ4v) is 3.40. The van der Waals surface area contributed by atoms with E-state index in [1.165, 1.54) is 5.39 Å². The second-order valence-electron chi connectivity index (χ2n) is 5.56. The summed E-state index contributed by atoms with van der Waals surface area (Å²) in [7, 11) is 0. The van der Waals surface area contributed by atoms with Gasteiger partial charge in [0.05, 0.1) is 0 Å². The van der Waals surface area contributed by atoms with Crippen LogP contribution in [0, 0.1) is 5.92 Å². The number of nitrogens with one attached hydrogen (secondary N) is 1. The van der Waals surface area contributed by atoms with E-state index in [0.717, 1.165) is 33.3 Å². The third kappa shape index (κ3) is 2.03. The van der Waals surface area contributed by atoms with Crippen molar-refractivity contribution in [2.24, 2.45) is 5.92 Å². The Morgan fingerprint density at radius 2 is 2.10 bits per heavy atom. The van der Waals surface area contributed by atoms with Crippen molar-refractivity contribution in [2.45, 2.75) is 20.3 Å². The summed E-state index contributed by atoms with van der Waals surface area (Å²) in [6.45, 7) is 4.35. The van der Waals surface area contributed by atoms with E-state index in [1.54, 1.807) is 11.3 Å². The van der Waals surface area contributed by atoms with Crippen molar-refractivity contribution in [3.05, 3.63) is 36.3 Å². The first-order chi connectivity index (χ1) is 10.2. The van der Waals surface area contributed by atoms with Crippen LogP contribution in [0.1, 0.15) is 19.7 Å². The molecule has 4 rings (SSSR count). The van der Waals surface area contributed by atoms with Crippen LogP contribution in [0.5, 0.6) is 0 Å². The average molecular weight is 297 g/mol. The van der Waals surface area contributed by atoms with Gasteiger partial charge in [0.2, 0.25) is 4.96 Å². The molecular formula is C15H15N5S. The molecular weight excluding hydrogens is 282 g/mol.